The summed E-state index contributed by atoms with van der Waals surface area (Å²) < 4.78 is 8.16. The summed E-state index contributed by atoms with van der Waals surface area (Å²) in [5, 5.41) is 0. The number of benzene rings is 1. The first-order chi connectivity index (χ1) is 14.1. The van der Waals surface area contributed by atoms with Crippen molar-refractivity contribution in [2.24, 2.45) is 5.92 Å². The van der Waals surface area contributed by atoms with Crippen molar-refractivity contribution in [1.29, 1.82) is 0 Å². The summed E-state index contributed by atoms with van der Waals surface area (Å²) in [5.74, 6) is 1.99. The molecule has 164 valence electrons. The maximum absolute atomic E-state index is 6.63. The van der Waals surface area contributed by atoms with Crippen molar-refractivity contribution in [3.8, 4) is 5.75 Å². The van der Waals surface area contributed by atoms with Gasteiger partial charge in [-0.2, -0.15) is 0 Å². The Morgan fingerprint density at radius 1 is 1.17 bits per heavy atom. The Morgan fingerprint density at radius 2 is 1.90 bits per heavy atom. The standard InChI is InChI=1S/C28H43O.In/c1-21(2)11-8-12-22(3)13-9-14-23(4)15-10-19-28(7)20-18-26-24(5)16-17-25(6)27(26)29-28;/h11,13,17,23H,8-10,12,14-15,18-20H2,1-7H3;/b22-13+;. The second-order valence-corrected chi connectivity index (χ2v) is 12.0. The molecule has 0 saturated carbocycles. The molecule has 1 aromatic carbocycles. The topological polar surface area (TPSA) is 9.23 Å². The van der Waals surface area contributed by atoms with Crippen molar-refractivity contribution in [2.45, 2.75) is 112 Å². The van der Waals surface area contributed by atoms with E-state index in [1.807, 2.05) is 0 Å². The Balaban J connectivity index is 1.76. The van der Waals surface area contributed by atoms with Crippen LogP contribution in [0, 0.1) is 19.8 Å². The summed E-state index contributed by atoms with van der Waals surface area (Å²) in [6.07, 6.45) is 15.8. The van der Waals surface area contributed by atoms with E-state index in [4.69, 9.17) is 4.74 Å². The number of aryl methyl sites for hydroxylation is 1. The van der Waals surface area contributed by atoms with E-state index >= 15 is 0 Å². The van der Waals surface area contributed by atoms with Gasteiger partial charge in [0.05, 0.1) is 0 Å². The molecule has 0 aromatic heterocycles. The predicted octanol–water partition coefficient (Wildman–Crippen LogP) is 7.46. The van der Waals surface area contributed by atoms with Crippen molar-refractivity contribution in [3.05, 3.63) is 46.1 Å². The van der Waals surface area contributed by atoms with E-state index < -0.39 is 0 Å². The number of fused-ring (bicyclic) bond motifs is 1. The summed E-state index contributed by atoms with van der Waals surface area (Å²) in [6.45, 7) is 15.9. The van der Waals surface area contributed by atoms with E-state index in [1.165, 1.54) is 107 Å². The van der Waals surface area contributed by atoms with Gasteiger partial charge >= 0.3 is 145 Å². The summed E-state index contributed by atoms with van der Waals surface area (Å²) in [7, 11) is 0. The third-order valence-electron chi connectivity index (χ3n) is 6.79. The maximum atomic E-state index is 6.63. The molecule has 0 N–H and O–H groups in total. The van der Waals surface area contributed by atoms with Gasteiger partial charge in [-0.3, -0.25) is 0 Å². The fraction of sp³-hybridized carbons (Fsp3) is 0.643. The second-order valence-electron chi connectivity index (χ2n) is 10.2. The average Bonchev–Trinajstić information content (AvgIpc) is 2.66. The minimum atomic E-state index is 0.0112. The molecular formula is C28H43InO. The summed E-state index contributed by atoms with van der Waals surface area (Å²) >= 11 is 1.20. The van der Waals surface area contributed by atoms with Crippen molar-refractivity contribution in [2.75, 3.05) is 0 Å². The van der Waals surface area contributed by atoms with Gasteiger partial charge in [-0.1, -0.05) is 23.3 Å². The van der Waals surface area contributed by atoms with Crippen LogP contribution in [0.2, 0.25) is 0 Å². The Bertz CT molecular complexity index is 769. The van der Waals surface area contributed by atoms with Gasteiger partial charge in [0, 0.05) is 0 Å². The van der Waals surface area contributed by atoms with E-state index in [-0.39, 0.29) is 5.60 Å². The Hall–Kier alpha value is -0.630. The van der Waals surface area contributed by atoms with Crippen LogP contribution in [-0.4, -0.2) is 30.0 Å². The van der Waals surface area contributed by atoms with Crippen LogP contribution in [0.1, 0.15) is 103 Å². The van der Waals surface area contributed by atoms with Crippen molar-refractivity contribution >= 4 is 27.7 Å². The van der Waals surface area contributed by atoms with Crippen LogP contribution in [0.15, 0.2) is 29.4 Å². The van der Waals surface area contributed by atoms with E-state index in [0.717, 1.165) is 12.3 Å². The zero-order valence-corrected chi connectivity index (χ0v) is 24.0. The SMILES string of the molecule is CC(C)=CCC/C(C)=C/CCC(C)CCCC1(C)CCc2c(C)[c]([In])cc(C)c2O1. The molecule has 1 aliphatic heterocycles. The normalized spacial score (nSPS) is 19.8. The molecule has 0 spiro atoms. The Labute approximate surface area is 201 Å². The molecule has 1 aromatic rings. The van der Waals surface area contributed by atoms with Crippen LogP contribution < -0.4 is 8.06 Å². The second kappa shape index (κ2) is 11.8. The van der Waals surface area contributed by atoms with Gasteiger partial charge in [-0.15, -0.1) is 0 Å². The molecule has 2 heteroatoms. The molecule has 2 radical (unpaired) electrons. The molecule has 2 rings (SSSR count). The number of hydrogen-bond acceptors (Lipinski definition) is 1. The molecule has 30 heavy (non-hydrogen) atoms. The minimum absolute atomic E-state index is 0.0112. The fourth-order valence-electron chi connectivity index (χ4n) is 4.57. The zero-order valence-electron chi connectivity index (χ0n) is 20.7. The van der Waals surface area contributed by atoms with Crippen LogP contribution in [0.3, 0.4) is 0 Å². The van der Waals surface area contributed by atoms with Gasteiger partial charge < -0.3 is 0 Å². The molecule has 1 nitrogen and oxygen atoms in total. The van der Waals surface area contributed by atoms with Crippen LogP contribution in [0.5, 0.6) is 5.75 Å². The van der Waals surface area contributed by atoms with Crippen LogP contribution in [0.4, 0.5) is 0 Å². The number of ether oxygens (including phenoxy) is 1. The van der Waals surface area contributed by atoms with Crippen molar-refractivity contribution in [3.63, 3.8) is 0 Å². The molecule has 0 amide bonds. The number of allylic oxidation sites excluding steroid dienone is 4. The van der Waals surface area contributed by atoms with Gasteiger partial charge in [0.1, 0.15) is 0 Å². The van der Waals surface area contributed by atoms with E-state index in [1.54, 1.807) is 5.57 Å². The molecule has 0 fully saturated rings. The molecule has 2 atom stereocenters. The van der Waals surface area contributed by atoms with Gasteiger partial charge in [-0.25, -0.2) is 0 Å². The predicted molar refractivity (Wildman–Crippen MR) is 133 cm³/mol. The summed E-state index contributed by atoms with van der Waals surface area (Å²) in [4.78, 5) is 0. The molecule has 1 heterocycles. The number of hydrogen-bond donors (Lipinski definition) is 0. The molecule has 0 saturated heterocycles. The van der Waals surface area contributed by atoms with Gasteiger partial charge in [0.2, 0.25) is 0 Å². The van der Waals surface area contributed by atoms with E-state index in [9.17, 15) is 0 Å². The van der Waals surface area contributed by atoms with Crippen LogP contribution >= 0.6 is 0 Å². The zero-order chi connectivity index (χ0) is 22.3. The molecule has 2 unspecified atom stereocenters. The number of rotatable bonds is 10. The Kier molecular flexibility index (Phi) is 10.1. The molecule has 0 aliphatic carbocycles. The first-order valence-corrected chi connectivity index (χ1v) is 13.6. The van der Waals surface area contributed by atoms with Gasteiger partial charge in [0.15, 0.2) is 0 Å². The molecule has 0 bridgehead atoms. The monoisotopic (exact) mass is 510 g/mol. The molecule has 1 aliphatic rings. The summed E-state index contributed by atoms with van der Waals surface area (Å²) in [5.41, 5.74) is 7.29. The van der Waals surface area contributed by atoms with Gasteiger partial charge in [-0.05, 0) is 33.6 Å². The van der Waals surface area contributed by atoms with Crippen molar-refractivity contribution in [1.82, 2.24) is 0 Å². The van der Waals surface area contributed by atoms with Crippen LogP contribution in [-0.2, 0) is 6.42 Å². The average molecular weight is 510 g/mol. The summed E-state index contributed by atoms with van der Waals surface area (Å²) in [6, 6.07) is 2.35. The van der Waals surface area contributed by atoms with E-state index in [0.29, 0.717) is 0 Å². The third kappa shape index (κ3) is 7.81. The van der Waals surface area contributed by atoms with Crippen LogP contribution in [0.25, 0.3) is 0 Å². The fourth-order valence-corrected chi connectivity index (χ4v) is 5.78. The third-order valence-corrected chi connectivity index (χ3v) is 8.50. The molecular weight excluding hydrogens is 467 g/mol. The quantitative estimate of drug-likeness (QED) is 0.297. The first kappa shape index (κ1) is 25.6. The Morgan fingerprint density at radius 3 is 2.60 bits per heavy atom. The van der Waals surface area contributed by atoms with Gasteiger partial charge in [0.25, 0.3) is 0 Å². The van der Waals surface area contributed by atoms with E-state index in [2.05, 4.69) is 66.7 Å². The first-order valence-electron chi connectivity index (χ1n) is 12.0. The van der Waals surface area contributed by atoms with Crippen molar-refractivity contribution < 1.29 is 4.74 Å².